The van der Waals surface area contributed by atoms with E-state index >= 15 is 0 Å². The number of hydrogen-bond donors (Lipinski definition) is 1. The lowest BCUT2D eigenvalue weighted by Crippen LogP contribution is -2.49. The molecule has 1 saturated heterocycles. The minimum Gasteiger partial charge on any atom is -0.350 e. The Morgan fingerprint density at radius 1 is 1.47 bits per heavy atom. The summed E-state index contributed by atoms with van der Waals surface area (Å²) in [5.74, 6) is 0.507. The van der Waals surface area contributed by atoms with Crippen LogP contribution < -0.4 is 5.32 Å². The molecule has 0 aromatic rings. The highest BCUT2D eigenvalue weighted by atomic mass is 16.2. The maximum atomic E-state index is 11.8. The van der Waals surface area contributed by atoms with E-state index < -0.39 is 0 Å². The number of ketones is 1. The number of amides is 1. The number of nitrogens with zero attached hydrogens (tertiary/aromatic N) is 1. The third-order valence-corrected chi connectivity index (χ3v) is 2.98. The Labute approximate surface area is 104 Å². The Morgan fingerprint density at radius 3 is 2.65 bits per heavy atom. The van der Waals surface area contributed by atoms with Crippen LogP contribution in [0.4, 0.5) is 0 Å². The van der Waals surface area contributed by atoms with Crippen LogP contribution in [0.2, 0.25) is 0 Å². The van der Waals surface area contributed by atoms with Crippen LogP contribution in [0.3, 0.4) is 0 Å². The lowest BCUT2D eigenvalue weighted by Gasteiger charge is -2.31. The van der Waals surface area contributed by atoms with Gasteiger partial charge in [0.05, 0.1) is 6.54 Å². The average Bonchev–Trinajstić information content (AvgIpc) is 2.18. The number of likely N-dealkylation sites (tertiary alicyclic amines) is 1. The second-order valence-electron chi connectivity index (χ2n) is 5.85. The Morgan fingerprint density at radius 2 is 2.12 bits per heavy atom. The summed E-state index contributed by atoms with van der Waals surface area (Å²) in [6.07, 6.45) is 1.46. The molecule has 1 fully saturated rings. The van der Waals surface area contributed by atoms with Crippen molar-refractivity contribution >= 4 is 11.7 Å². The Bertz CT molecular complexity index is 294. The summed E-state index contributed by atoms with van der Waals surface area (Å²) in [6, 6.07) is 0. The zero-order valence-electron chi connectivity index (χ0n) is 11.4. The van der Waals surface area contributed by atoms with Gasteiger partial charge in [0.25, 0.3) is 0 Å². The molecule has 0 bridgehead atoms. The monoisotopic (exact) mass is 240 g/mol. The van der Waals surface area contributed by atoms with E-state index in [-0.39, 0.29) is 17.4 Å². The Kier molecular flexibility index (Phi) is 4.69. The molecule has 1 N–H and O–H groups in total. The molecule has 0 radical (unpaired) electrons. The molecule has 4 heteroatoms. The summed E-state index contributed by atoms with van der Waals surface area (Å²) in [4.78, 5) is 25.4. The van der Waals surface area contributed by atoms with E-state index in [4.69, 9.17) is 0 Å². The van der Waals surface area contributed by atoms with Crippen molar-refractivity contribution in [1.29, 1.82) is 0 Å². The van der Waals surface area contributed by atoms with Gasteiger partial charge in [-0.15, -0.1) is 0 Å². The standard InChI is InChI=1S/C13H24N2O2/c1-5-10-8-15(7-6-11(10)16)9-12(17)14-13(2,3)4/h10H,5-9H2,1-4H3,(H,14,17). The van der Waals surface area contributed by atoms with Crippen molar-refractivity contribution < 1.29 is 9.59 Å². The number of carbonyl (C=O) groups is 2. The fourth-order valence-electron chi connectivity index (χ4n) is 2.14. The molecule has 0 aliphatic carbocycles. The molecule has 0 aromatic heterocycles. The number of nitrogens with one attached hydrogen (secondary N) is 1. The van der Waals surface area contributed by atoms with Gasteiger partial charge in [-0.3, -0.25) is 14.5 Å². The fourth-order valence-corrected chi connectivity index (χ4v) is 2.14. The molecule has 1 aliphatic heterocycles. The number of rotatable bonds is 3. The minimum atomic E-state index is -0.188. The second-order valence-corrected chi connectivity index (χ2v) is 5.85. The molecular formula is C13H24N2O2. The van der Waals surface area contributed by atoms with E-state index in [0.717, 1.165) is 13.0 Å². The van der Waals surface area contributed by atoms with E-state index in [2.05, 4.69) is 10.2 Å². The molecule has 4 nitrogen and oxygen atoms in total. The van der Waals surface area contributed by atoms with E-state index in [1.807, 2.05) is 27.7 Å². The first-order valence-corrected chi connectivity index (χ1v) is 6.38. The van der Waals surface area contributed by atoms with E-state index in [0.29, 0.717) is 25.3 Å². The summed E-state index contributed by atoms with van der Waals surface area (Å²) in [5.41, 5.74) is -0.188. The van der Waals surface area contributed by atoms with Crippen LogP contribution in [0.15, 0.2) is 0 Å². The average molecular weight is 240 g/mol. The highest BCUT2D eigenvalue weighted by molar-refractivity contribution is 5.83. The van der Waals surface area contributed by atoms with Gasteiger partial charge in [0.15, 0.2) is 0 Å². The molecule has 17 heavy (non-hydrogen) atoms. The van der Waals surface area contributed by atoms with Gasteiger partial charge in [0.1, 0.15) is 5.78 Å². The Balaban J connectivity index is 2.42. The van der Waals surface area contributed by atoms with Gasteiger partial charge in [0.2, 0.25) is 5.91 Å². The van der Waals surface area contributed by atoms with Crippen LogP contribution in [-0.2, 0) is 9.59 Å². The van der Waals surface area contributed by atoms with Crippen LogP contribution >= 0.6 is 0 Å². The third-order valence-electron chi connectivity index (χ3n) is 2.98. The lowest BCUT2D eigenvalue weighted by molar-refractivity contribution is -0.130. The van der Waals surface area contributed by atoms with Gasteiger partial charge in [-0.25, -0.2) is 0 Å². The fraction of sp³-hybridized carbons (Fsp3) is 0.846. The summed E-state index contributed by atoms with van der Waals surface area (Å²) in [5, 5.41) is 2.94. The van der Waals surface area contributed by atoms with Gasteiger partial charge in [-0.05, 0) is 27.2 Å². The minimum absolute atomic E-state index is 0.0432. The molecule has 1 aliphatic rings. The number of Topliss-reactive ketones (excluding diaryl/α,β-unsaturated/α-hetero) is 1. The largest absolute Gasteiger partial charge is 0.350 e. The van der Waals surface area contributed by atoms with Crippen LogP contribution in [0.25, 0.3) is 0 Å². The zero-order valence-corrected chi connectivity index (χ0v) is 11.4. The third kappa shape index (κ3) is 4.86. The number of piperidine rings is 1. The van der Waals surface area contributed by atoms with Crippen molar-refractivity contribution in [2.45, 2.75) is 46.1 Å². The van der Waals surface area contributed by atoms with Gasteiger partial charge >= 0.3 is 0 Å². The van der Waals surface area contributed by atoms with Crippen molar-refractivity contribution in [3.8, 4) is 0 Å². The predicted molar refractivity (Wildman–Crippen MR) is 67.7 cm³/mol. The second kappa shape index (κ2) is 5.63. The number of carbonyl (C=O) groups excluding carboxylic acids is 2. The van der Waals surface area contributed by atoms with Crippen molar-refractivity contribution in [1.82, 2.24) is 10.2 Å². The first-order valence-electron chi connectivity index (χ1n) is 6.38. The molecule has 1 atom stereocenters. The molecule has 0 saturated carbocycles. The molecule has 1 unspecified atom stereocenters. The lowest BCUT2D eigenvalue weighted by atomic mass is 9.94. The normalized spacial score (nSPS) is 22.6. The van der Waals surface area contributed by atoms with Gasteiger partial charge in [-0.2, -0.15) is 0 Å². The Hall–Kier alpha value is -0.900. The zero-order chi connectivity index (χ0) is 13.1. The quantitative estimate of drug-likeness (QED) is 0.806. The predicted octanol–water partition coefficient (Wildman–Crippen LogP) is 1.20. The van der Waals surface area contributed by atoms with Crippen molar-refractivity contribution in [3.63, 3.8) is 0 Å². The van der Waals surface area contributed by atoms with Crippen LogP contribution in [0.1, 0.15) is 40.5 Å². The van der Waals surface area contributed by atoms with Crippen LogP contribution in [-0.4, -0.2) is 41.8 Å². The van der Waals surface area contributed by atoms with Gasteiger partial charge in [0, 0.05) is 31.0 Å². The van der Waals surface area contributed by atoms with Crippen molar-refractivity contribution in [2.24, 2.45) is 5.92 Å². The highest BCUT2D eigenvalue weighted by Crippen LogP contribution is 2.15. The molecule has 1 heterocycles. The van der Waals surface area contributed by atoms with Gasteiger partial charge in [-0.1, -0.05) is 6.92 Å². The molecule has 98 valence electrons. The smallest absolute Gasteiger partial charge is 0.234 e. The summed E-state index contributed by atoms with van der Waals surface area (Å²) in [6.45, 7) is 9.79. The summed E-state index contributed by atoms with van der Waals surface area (Å²) < 4.78 is 0. The first kappa shape index (κ1) is 14.2. The van der Waals surface area contributed by atoms with E-state index in [1.165, 1.54) is 0 Å². The highest BCUT2D eigenvalue weighted by Gasteiger charge is 2.27. The van der Waals surface area contributed by atoms with E-state index in [9.17, 15) is 9.59 Å². The summed E-state index contributed by atoms with van der Waals surface area (Å²) >= 11 is 0. The van der Waals surface area contributed by atoms with Gasteiger partial charge < -0.3 is 5.32 Å². The first-order chi connectivity index (χ1) is 7.81. The molecule has 0 spiro atoms. The van der Waals surface area contributed by atoms with E-state index in [1.54, 1.807) is 0 Å². The molecular weight excluding hydrogens is 216 g/mol. The molecule has 1 rings (SSSR count). The number of hydrogen-bond acceptors (Lipinski definition) is 3. The van der Waals surface area contributed by atoms with Crippen LogP contribution in [0, 0.1) is 5.92 Å². The maximum Gasteiger partial charge on any atom is 0.234 e. The molecule has 1 amide bonds. The topological polar surface area (TPSA) is 49.4 Å². The SMILES string of the molecule is CCC1CN(CC(=O)NC(C)(C)C)CCC1=O. The molecule has 0 aromatic carbocycles. The van der Waals surface area contributed by atoms with Crippen LogP contribution in [0.5, 0.6) is 0 Å². The maximum absolute atomic E-state index is 11.8. The van der Waals surface area contributed by atoms with Crippen molar-refractivity contribution in [2.75, 3.05) is 19.6 Å². The summed E-state index contributed by atoms with van der Waals surface area (Å²) in [7, 11) is 0. The van der Waals surface area contributed by atoms with Crippen molar-refractivity contribution in [3.05, 3.63) is 0 Å².